The fourth-order valence-electron chi connectivity index (χ4n) is 6.04. The number of hydrogen-bond donors (Lipinski definition) is 0. The monoisotopic (exact) mass is 473 g/mol. The Labute approximate surface area is 210 Å². The molecule has 1 unspecified atom stereocenters. The van der Waals surface area contributed by atoms with Gasteiger partial charge in [-0.15, -0.1) is 0 Å². The molecule has 0 spiro atoms. The standard InChI is InChI=1S/C30H39N3O2/c1-22-8-7-9-23(2)27(22)29(35)31-18-15-30(3,16-19-31)32-17-14-26(21-32)33(28(34)25-12-13-25)20-24-10-5-4-6-11-24/h4-11,25-26H,12-21H2,1-3H3. The van der Waals surface area contributed by atoms with Crippen molar-refractivity contribution in [2.75, 3.05) is 26.2 Å². The molecule has 2 saturated heterocycles. The van der Waals surface area contributed by atoms with Gasteiger partial charge >= 0.3 is 0 Å². The highest BCUT2D eigenvalue weighted by Gasteiger charge is 2.44. The van der Waals surface area contributed by atoms with Crippen LogP contribution in [0.5, 0.6) is 0 Å². The maximum atomic E-state index is 13.3. The molecule has 35 heavy (non-hydrogen) atoms. The molecular weight excluding hydrogens is 434 g/mol. The second-order valence-electron chi connectivity index (χ2n) is 11.2. The van der Waals surface area contributed by atoms with Gasteiger partial charge in [0, 0.05) is 55.8 Å². The molecule has 1 saturated carbocycles. The zero-order chi connectivity index (χ0) is 24.6. The van der Waals surface area contributed by atoms with Gasteiger partial charge in [0.15, 0.2) is 0 Å². The Bertz CT molecular complexity index is 1050. The Morgan fingerprint density at radius 1 is 0.914 bits per heavy atom. The summed E-state index contributed by atoms with van der Waals surface area (Å²) in [5.74, 6) is 0.758. The largest absolute Gasteiger partial charge is 0.338 e. The minimum Gasteiger partial charge on any atom is -0.338 e. The fraction of sp³-hybridized carbons (Fsp3) is 0.533. The lowest BCUT2D eigenvalue weighted by Gasteiger charge is -2.45. The molecule has 5 heteroatoms. The molecule has 0 bridgehead atoms. The van der Waals surface area contributed by atoms with Crippen LogP contribution in [0.1, 0.15) is 66.1 Å². The van der Waals surface area contributed by atoms with Crippen LogP contribution in [0.15, 0.2) is 48.5 Å². The van der Waals surface area contributed by atoms with Crippen LogP contribution in [0.4, 0.5) is 0 Å². The first kappa shape index (κ1) is 24.1. The van der Waals surface area contributed by atoms with Gasteiger partial charge in [0.05, 0.1) is 0 Å². The Morgan fingerprint density at radius 3 is 2.20 bits per heavy atom. The minimum absolute atomic E-state index is 0.0767. The molecular formula is C30H39N3O2. The van der Waals surface area contributed by atoms with E-state index >= 15 is 0 Å². The predicted molar refractivity (Wildman–Crippen MR) is 139 cm³/mol. The number of piperidine rings is 1. The molecule has 2 aromatic rings. The number of carbonyl (C=O) groups excluding carboxylic acids is 2. The lowest BCUT2D eigenvalue weighted by molar-refractivity contribution is -0.135. The van der Waals surface area contributed by atoms with Gasteiger partial charge in [-0.1, -0.05) is 48.5 Å². The van der Waals surface area contributed by atoms with E-state index in [1.54, 1.807) is 0 Å². The van der Waals surface area contributed by atoms with Gasteiger partial charge in [0.1, 0.15) is 0 Å². The summed E-state index contributed by atoms with van der Waals surface area (Å²) in [7, 11) is 0. The number of hydrogen-bond acceptors (Lipinski definition) is 3. The van der Waals surface area contributed by atoms with E-state index in [2.05, 4.69) is 41.0 Å². The number of amides is 2. The van der Waals surface area contributed by atoms with Gasteiger partial charge in [-0.2, -0.15) is 0 Å². The molecule has 0 radical (unpaired) electrons. The smallest absolute Gasteiger partial charge is 0.254 e. The summed E-state index contributed by atoms with van der Waals surface area (Å²) in [5.41, 5.74) is 4.28. The summed E-state index contributed by atoms with van der Waals surface area (Å²) in [6, 6.07) is 16.8. The topological polar surface area (TPSA) is 43.9 Å². The van der Waals surface area contributed by atoms with Crippen LogP contribution >= 0.6 is 0 Å². The Hall–Kier alpha value is -2.66. The van der Waals surface area contributed by atoms with Crippen molar-refractivity contribution in [1.82, 2.24) is 14.7 Å². The Balaban J connectivity index is 1.23. The third-order valence-electron chi connectivity index (χ3n) is 8.60. The van der Waals surface area contributed by atoms with Crippen molar-refractivity contribution in [3.8, 4) is 0 Å². The van der Waals surface area contributed by atoms with Gasteiger partial charge in [-0.25, -0.2) is 0 Å². The van der Waals surface area contributed by atoms with Crippen LogP contribution in [-0.4, -0.2) is 64.3 Å². The fourth-order valence-corrected chi connectivity index (χ4v) is 6.04. The molecule has 0 aromatic heterocycles. The number of carbonyl (C=O) groups is 2. The number of nitrogens with zero attached hydrogens (tertiary/aromatic N) is 3. The molecule has 5 nitrogen and oxygen atoms in total. The highest BCUT2D eigenvalue weighted by molar-refractivity contribution is 5.97. The molecule has 186 valence electrons. The second kappa shape index (κ2) is 9.77. The van der Waals surface area contributed by atoms with Crippen LogP contribution in [0.25, 0.3) is 0 Å². The van der Waals surface area contributed by atoms with Gasteiger partial charge < -0.3 is 9.80 Å². The zero-order valence-electron chi connectivity index (χ0n) is 21.5. The third-order valence-corrected chi connectivity index (χ3v) is 8.60. The highest BCUT2D eigenvalue weighted by Crippen LogP contribution is 2.37. The Morgan fingerprint density at radius 2 is 1.57 bits per heavy atom. The SMILES string of the molecule is Cc1cccc(C)c1C(=O)N1CCC(C)(N2CCC(N(Cc3ccccc3)C(=O)C3CC3)C2)CC1. The summed E-state index contributed by atoms with van der Waals surface area (Å²) in [6.45, 7) is 10.7. The van der Waals surface area contributed by atoms with E-state index < -0.39 is 0 Å². The molecule has 1 aliphatic carbocycles. The summed E-state index contributed by atoms with van der Waals surface area (Å²) < 4.78 is 0. The van der Waals surface area contributed by atoms with Crippen LogP contribution in [0.2, 0.25) is 0 Å². The number of rotatable bonds is 6. The maximum absolute atomic E-state index is 13.3. The van der Waals surface area contributed by atoms with Crippen molar-refractivity contribution in [1.29, 1.82) is 0 Å². The maximum Gasteiger partial charge on any atom is 0.254 e. The number of benzene rings is 2. The van der Waals surface area contributed by atoms with E-state index in [0.717, 1.165) is 75.0 Å². The third kappa shape index (κ3) is 5.02. The van der Waals surface area contributed by atoms with Gasteiger partial charge in [-0.05, 0) is 69.6 Å². The number of aryl methyl sites for hydroxylation is 2. The molecule has 3 aliphatic rings. The molecule has 2 heterocycles. The van der Waals surface area contributed by atoms with Gasteiger partial charge in [0.2, 0.25) is 5.91 Å². The van der Waals surface area contributed by atoms with Gasteiger partial charge in [0.25, 0.3) is 5.91 Å². The zero-order valence-corrected chi connectivity index (χ0v) is 21.5. The van der Waals surface area contributed by atoms with E-state index in [1.807, 2.05) is 43.0 Å². The second-order valence-corrected chi connectivity index (χ2v) is 11.2. The Kier molecular flexibility index (Phi) is 6.71. The predicted octanol–water partition coefficient (Wildman–Crippen LogP) is 4.81. The molecule has 5 rings (SSSR count). The van der Waals surface area contributed by atoms with Crippen molar-refractivity contribution >= 4 is 11.8 Å². The lowest BCUT2D eigenvalue weighted by atomic mass is 9.87. The van der Waals surface area contributed by atoms with Crippen molar-refractivity contribution in [3.63, 3.8) is 0 Å². The quantitative estimate of drug-likeness (QED) is 0.605. The normalized spacial score (nSPS) is 22.3. The van der Waals surface area contributed by atoms with Crippen molar-refractivity contribution in [2.24, 2.45) is 5.92 Å². The molecule has 3 fully saturated rings. The van der Waals surface area contributed by atoms with Crippen molar-refractivity contribution in [3.05, 3.63) is 70.8 Å². The average Bonchev–Trinajstić information content (AvgIpc) is 3.59. The average molecular weight is 474 g/mol. The molecule has 1 atom stereocenters. The van der Waals surface area contributed by atoms with Crippen LogP contribution in [0.3, 0.4) is 0 Å². The van der Waals surface area contributed by atoms with Crippen LogP contribution < -0.4 is 0 Å². The summed E-state index contributed by atoms with van der Waals surface area (Å²) >= 11 is 0. The first-order chi connectivity index (χ1) is 16.9. The summed E-state index contributed by atoms with van der Waals surface area (Å²) in [6.07, 6.45) is 5.08. The van der Waals surface area contributed by atoms with E-state index in [0.29, 0.717) is 12.5 Å². The summed E-state index contributed by atoms with van der Waals surface area (Å²) in [5, 5.41) is 0. The van der Waals surface area contributed by atoms with Gasteiger partial charge in [-0.3, -0.25) is 14.5 Å². The van der Waals surface area contributed by atoms with Crippen LogP contribution in [-0.2, 0) is 11.3 Å². The summed E-state index contributed by atoms with van der Waals surface area (Å²) in [4.78, 5) is 33.4. The highest BCUT2D eigenvalue weighted by atomic mass is 16.2. The van der Waals surface area contributed by atoms with E-state index in [1.165, 1.54) is 5.56 Å². The van der Waals surface area contributed by atoms with E-state index in [4.69, 9.17) is 0 Å². The first-order valence-electron chi connectivity index (χ1n) is 13.3. The van der Waals surface area contributed by atoms with E-state index in [-0.39, 0.29) is 23.4 Å². The molecule has 2 amide bonds. The molecule has 2 aromatic carbocycles. The van der Waals surface area contributed by atoms with Crippen LogP contribution in [0, 0.1) is 19.8 Å². The van der Waals surface area contributed by atoms with E-state index in [9.17, 15) is 9.59 Å². The minimum atomic E-state index is 0.0767. The van der Waals surface area contributed by atoms with Crippen molar-refractivity contribution in [2.45, 2.75) is 71.0 Å². The van der Waals surface area contributed by atoms with Crippen molar-refractivity contribution < 1.29 is 9.59 Å². The molecule has 0 N–H and O–H groups in total. The lowest BCUT2D eigenvalue weighted by Crippen LogP contribution is -2.54. The molecule has 2 aliphatic heterocycles. The first-order valence-corrected chi connectivity index (χ1v) is 13.3. The number of likely N-dealkylation sites (tertiary alicyclic amines) is 2.